The molecule has 0 aliphatic carbocycles. The largest absolute Gasteiger partial charge is 0.480 e. The summed E-state index contributed by atoms with van der Waals surface area (Å²) in [4.78, 5) is 10.8. The third kappa shape index (κ3) is 6.47. The molecule has 2 unspecified atom stereocenters. The van der Waals surface area contributed by atoms with E-state index in [1.54, 1.807) is 0 Å². The molecular formula is C11H23NO3. The van der Waals surface area contributed by atoms with Gasteiger partial charge in [0.05, 0.1) is 6.10 Å². The normalized spacial score (nSPS) is 17.1. The summed E-state index contributed by atoms with van der Waals surface area (Å²) in [5, 5.41) is 8.82. The molecule has 0 spiro atoms. The van der Waals surface area contributed by atoms with E-state index in [-0.39, 0.29) is 6.10 Å². The standard InChI is InChI=1S/C11H23NO3/c1-4-5-6-7-15-9(2)8-11(3,12)10(13)14/h9H,4-8,12H2,1-3H3,(H,13,14). The van der Waals surface area contributed by atoms with Crippen molar-refractivity contribution in [3.8, 4) is 0 Å². The van der Waals surface area contributed by atoms with Crippen LogP contribution in [0.25, 0.3) is 0 Å². The summed E-state index contributed by atoms with van der Waals surface area (Å²) in [7, 11) is 0. The Morgan fingerprint density at radius 1 is 1.53 bits per heavy atom. The lowest BCUT2D eigenvalue weighted by Gasteiger charge is -2.23. The van der Waals surface area contributed by atoms with Crippen LogP contribution in [0.2, 0.25) is 0 Å². The van der Waals surface area contributed by atoms with Gasteiger partial charge < -0.3 is 15.6 Å². The molecule has 0 rings (SSSR count). The summed E-state index contributed by atoms with van der Waals surface area (Å²) in [5.74, 6) is -0.980. The van der Waals surface area contributed by atoms with Crippen molar-refractivity contribution in [2.45, 2.75) is 58.1 Å². The smallest absolute Gasteiger partial charge is 0.323 e. The topological polar surface area (TPSA) is 72.5 Å². The van der Waals surface area contributed by atoms with Crippen LogP contribution < -0.4 is 5.73 Å². The second kappa shape index (κ2) is 6.80. The monoisotopic (exact) mass is 217 g/mol. The number of ether oxygens (including phenoxy) is 1. The molecule has 0 amide bonds. The van der Waals surface area contributed by atoms with Gasteiger partial charge in [-0.15, -0.1) is 0 Å². The molecule has 4 nitrogen and oxygen atoms in total. The predicted octanol–water partition coefficient (Wildman–Crippen LogP) is 1.77. The maximum Gasteiger partial charge on any atom is 0.323 e. The van der Waals surface area contributed by atoms with E-state index in [9.17, 15) is 4.79 Å². The Bertz CT molecular complexity index is 192. The summed E-state index contributed by atoms with van der Waals surface area (Å²) in [5.41, 5.74) is 4.42. The summed E-state index contributed by atoms with van der Waals surface area (Å²) in [6.45, 7) is 6.19. The van der Waals surface area contributed by atoms with Crippen LogP contribution in [0.3, 0.4) is 0 Å². The van der Waals surface area contributed by atoms with E-state index < -0.39 is 11.5 Å². The first-order chi connectivity index (χ1) is 6.90. The highest BCUT2D eigenvalue weighted by Gasteiger charge is 2.30. The van der Waals surface area contributed by atoms with Crippen molar-refractivity contribution in [2.24, 2.45) is 5.73 Å². The van der Waals surface area contributed by atoms with E-state index in [4.69, 9.17) is 15.6 Å². The van der Waals surface area contributed by atoms with Crippen molar-refractivity contribution in [3.05, 3.63) is 0 Å². The first-order valence-corrected chi connectivity index (χ1v) is 5.54. The van der Waals surface area contributed by atoms with Gasteiger partial charge in [0.2, 0.25) is 0 Å². The van der Waals surface area contributed by atoms with Crippen LogP contribution in [0.1, 0.15) is 46.5 Å². The minimum atomic E-state index is -1.19. The fourth-order valence-corrected chi connectivity index (χ4v) is 1.38. The molecule has 0 aromatic carbocycles. The zero-order valence-electron chi connectivity index (χ0n) is 9.95. The zero-order valence-corrected chi connectivity index (χ0v) is 9.95. The molecule has 0 bridgehead atoms. The molecule has 0 radical (unpaired) electrons. The van der Waals surface area contributed by atoms with E-state index in [1.165, 1.54) is 6.92 Å². The van der Waals surface area contributed by atoms with Crippen LogP contribution in [0.15, 0.2) is 0 Å². The van der Waals surface area contributed by atoms with Crippen molar-refractivity contribution in [1.29, 1.82) is 0 Å². The number of rotatable bonds is 8. The van der Waals surface area contributed by atoms with Crippen LogP contribution in [-0.4, -0.2) is 29.3 Å². The SMILES string of the molecule is CCCCCOC(C)CC(C)(N)C(=O)O. The van der Waals surface area contributed by atoms with E-state index in [2.05, 4.69) is 6.92 Å². The van der Waals surface area contributed by atoms with Gasteiger partial charge in [-0.1, -0.05) is 19.8 Å². The second-order valence-electron chi connectivity index (χ2n) is 4.32. The number of unbranched alkanes of at least 4 members (excludes halogenated alkanes) is 2. The van der Waals surface area contributed by atoms with E-state index >= 15 is 0 Å². The first-order valence-electron chi connectivity index (χ1n) is 5.54. The Balaban J connectivity index is 3.73. The third-order valence-electron chi connectivity index (χ3n) is 2.35. The van der Waals surface area contributed by atoms with Gasteiger partial charge in [-0.3, -0.25) is 4.79 Å². The van der Waals surface area contributed by atoms with E-state index in [0.717, 1.165) is 19.3 Å². The zero-order chi connectivity index (χ0) is 11.9. The fourth-order valence-electron chi connectivity index (χ4n) is 1.38. The molecule has 2 atom stereocenters. The van der Waals surface area contributed by atoms with Gasteiger partial charge in [0.25, 0.3) is 0 Å². The van der Waals surface area contributed by atoms with Gasteiger partial charge in [0, 0.05) is 13.0 Å². The Kier molecular flexibility index (Phi) is 6.52. The van der Waals surface area contributed by atoms with Crippen LogP contribution in [-0.2, 0) is 9.53 Å². The highest BCUT2D eigenvalue weighted by molar-refractivity contribution is 5.77. The Morgan fingerprint density at radius 2 is 2.13 bits per heavy atom. The molecule has 0 aliphatic heterocycles. The quantitative estimate of drug-likeness (QED) is 0.608. The molecule has 3 N–H and O–H groups in total. The lowest BCUT2D eigenvalue weighted by Crippen LogP contribution is -2.47. The van der Waals surface area contributed by atoms with Gasteiger partial charge >= 0.3 is 5.97 Å². The van der Waals surface area contributed by atoms with E-state index in [0.29, 0.717) is 13.0 Å². The molecule has 4 heteroatoms. The van der Waals surface area contributed by atoms with Crippen LogP contribution >= 0.6 is 0 Å². The molecule has 0 aliphatic rings. The van der Waals surface area contributed by atoms with Crippen molar-refractivity contribution in [1.82, 2.24) is 0 Å². The van der Waals surface area contributed by atoms with Crippen molar-refractivity contribution in [3.63, 3.8) is 0 Å². The van der Waals surface area contributed by atoms with Crippen LogP contribution in [0.5, 0.6) is 0 Å². The maximum absolute atomic E-state index is 10.8. The molecule has 0 heterocycles. The predicted molar refractivity (Wildman–Crippen MR) is 59.8 cm³/mol. The van der Waals surface area contributed by atoms with Crippen LogP contribution in [0, 0.1) is 0 Å². The number of hydrogen-bond donors (Lipinski definition) is 2. The molecule has 0 aromatic heterocycles. The molecule has 90 valence electrons. The molecule has 0 saturated carbocycles. The Labute approximate surface area is 91.8 Å². The third-order valence-corrected chi connectivity index (χ3v) is 2.35. The summed E-state index contributed by atoms with van der Waals surface area (Å²) in [6, 6.07) is 0. The average molecular weight is 217 g/mol. The molecule has 15 heavy (non-hydrogen) atoms. The fraction of sp³-hybridized carbons (Fsp3) is 0.909. The molecule has 0 fully saturated rings. The van der Waals surface area contributed by atoms with Gasteiger partial charge in [0.1, 0.15) is 5.54 Å². The van der Waals surface area contributed by atoms with E-state index in [1.807, 2.05) is 6.92 Å². The average Bonchev–Trinajstić information content (AvgIpc) is 2.11. The maximum atomic E-state index is 10.8. The molecule has 0 aromatic rings. The Hall–Kier alpha value is -0.610. The number of carboxylic acid groups (broad SMARTS) is 1. The van der Waals surface area contributed by atoms with Gasteiger partial charge in [-0.25, -0.2) is 0 Å². The van der Waals surface area contributed by atoms with Crippen molar-refractivity contribution < 1.29 is 14.6 Å². The number of aliphatic carboxylic acids is 1. The first kappa shape index (κ1) is 14.4. The van der Waals surface area contributed by atoms with Gasteiger partial charge in [-0.05, 0) is 20.3 Å². The Morgan fingerprint density at radius 3 is 2.60 bits per heavy atom. The molecular weight excluding hydrogens is 194 g/mol. The number of carboxylic acids is 1. The second-order valence-corrected chi connectivity index (χ2v) is 4.32. The van der Waals surface area contributed by atoms with Gasteiger partial charge in [-0.2, -0.15) is 0 Å². The summed E-state index contributed by atoms with van der Waals surface area (Å²) in [6.07, 6.45) is 3.56. The highest BCUT2D eigenvalue weighted by atomic mass is 16.5. The number of nitrogens with two attached hydrogens (primary N) is 1. The van der Waals surface area contributed by atoms with Gasteiger partial charge in [0.15, 0.2) is 0 Å². The lowest BCUT2D eigenvalue weighted by atomic mass is 9.96. The minimum Gasteiger partial charge on any atom is -0.480 e. The minimum absolute atomic E-state index is 0.104. The number of hydrogen-bond acceptors (Lipinski definition) is 3. The number of carbonyl (C=O) groups is 1. The highest BCUT2D eigenvalue weighted by Crippen LogP contribution is 2.12. The van der Waals surface area contributed by atoms with Crippen molar-refractivity contribution in [2.75, 3.05) is 6.61 Å². The summed E-state index contributed by atoms with van der Waals surface area (Å²) >= 11 is 0. The summed E-state index contributed by atoms with van der Waals surface area (Å²) < 4.78 is 5.49. The lowest BCUT2D eigenvalue weighted by molar-refractivity contribution is -0.144. The molecule has 0 saturated heterocycles. The van der Waals surface area contributed by atoms with Crippen LogP contribution in [0.4, 0.5) is 0 Å². The van der Waals surface area contributed by atoms with Crippen molar-refractivity contribution >= 4 is 5.97 Å².